The van der Waals surface area contributed by atoms with Gasteiger partial charge in [-0.2, -0.15) is 13.2 Å². The maximum atomic E-state index is 12.3. The minimum atomic E-state index is -4.80. The van der Waals surface area contributed by atoms with Gasteiger partial charge in [-0.05, 0) is 50.9 Å². The second kappa shape index (κ2) is 5.95. The fourth-order valence-corrected chi connectivity index (χ4v) is 2.56. The van der Waals surface area contributed by atoms with Crippen molar-refractivity contribution in [1.29, 1.82) is 0 Å². The third-order valence-corrected chi connectivity index (χ3v) is 3.84. The van der Waals surface area contributed by atoms with Crippen LogP contribution in [0.25, 0.3) is 0 Å². The summed E-state index contributed by atoms with van der Waals surface area (Å²) in [5.41, 5.74) is 0.711. The quantitative estimate of drug-likeness (QED) is 0.794. The number of nitrogens with zero attached hydrogens (tertiary/aromatic N) is 1. The first kappa shape index (κ1) is 15.0. The SMILES string of the molecule is CN1CCC(Cc2ccc(C(=O)C(F)(F)F)cc2)CC1. The van der Waals surface area contributed by atoms with E-state index in [1.54, 1.807) is 12.1 Å². The summed E-state index contributed by atoms with van der Waals surface area (Å²) in [6.45, 7) is 2.13. The molecule has 1 saturated heterocycles. The fourth-order valence-electron chi connectivity index (χ4n) is 2.56. The van der Waals surface area contributed by atoms with Crippen molar-refractivity contribution in [2.24, 2.45) is 5.92 Å². The molecule has 0 radical (unpaired) electrons. The number of hydrogen-bond donors (Lipinski definition) is 0. The first-order valence-corrected chi connectivity index (χ1v) is 6.75. The summed E-state index contributed by atoms with van der Waals surface area (Å²) >= 11 is 0. The molecule has 1 fully saturated rings. The number of alkyl halides is 3. The second-order valence-corrected chi connectivity index (χ2v) is 5.47. The number of hydrogen-bond acceptors (Lipinski definition) is 2. The van der Waals surface area contributed by atoms with E-state index in [0.29, 0.717) is 5.92 Å². The molecule has 0 aromatic heterocycles. The Morgan fingerprint density at radius 1 is 1.20 bits per heavy atom. The second-order valence-electron chi connectivity index (χ2n) is 5.47. The summed E-state index contributed by atoms with van der Waals surface area (Å²) in [5, 5.41) is 0. The fraction of sp³-hybridized carbons (Fsp3) is 0.533. The van der Waals surface area contributed by atoms with E-state index in [-0.39, 0.29) is 5.56 Å². The molecule has 0 bridgehead atoms. The molecule has 1 aliphatic rings. The van der Waals surface area contributed by atoms with E-state index in [9.17, 15) is 18.0 Å². The zero-order valence-corrected chi connectivity index (χ0v) is 11.4. The van der Waals surface area contributed by atoms with Gasteiger partial charge < -0.3 is 4.90 Å². The Hall–Kier alpha value is -1.36. The molecule has 0 amide bonds. The first-order valence-electron chi connectivity index (χ1n) is 6.75. The van der Waals surface area contributed by atoms with E-state index in [1.807, 2.05) is 0 Å². The van der Waals surface area contributed by atoms with Crippen LogP contribution in [0.15, 0.2) is 24.3 Å². The Bertz CT molecular complexity index is 459. The van der Waals surface area contributed by atoms with Crippen LogP contribution in [-0.2, 0) is 6.42 Å². The van der Waals surface area contributed by atoms with Crippen LogP contribution < -0.4 is 0 Å². The number of carbonyl (C=O) groups is 1. The predicted molar refractivity (Wildman–Crippen MR) is 70.8 cm³/mol. The van der Waals surface area contributed by atoms with Crippen molar-refractivity contribution in [3.63, 3.8) is 0 Å². The third-order valence-electron chi connectivity index (χ3n) is 3.84. The van der Waals surface area contributed by atoms with Crippen LogP contribution in [0.1, 0.15) is 28.8 Å². The number of likely N-dealkylation sites (tertiary alicyclic amines) is 1. The minimum absolute atomic E-state index is 0.287. The lowest BCUT2D eigenvalue weighted by atomic mass is 9.90. The van der Waals surface area contributed by atoms with Gasteiger partial charge >= 0.3 is 6.18 Å². The van der Waals surface area contributed by atoms with Gasteiger partial charge in [0.2, 0.25) is 0 Å². The molecule has 0 N–H and O–H groups in total. The molecule has 1 aliphatic heterocycles. The summed E-state index contributed by atoms with van der Waals surface area (Å²) in [4.78, 5) is 13.4. The lowest BCUT2D eigenvalue weighted by Gasteiger charge is -2.28. The van der Waals surface area contributed by atoms with Gasteiger partial charge in [0.25, 0.3) is 5.78 Å². The van der Waals surface area contributed by atoms with Crippen molar-refractivity contribution in [2.45, 2.75) is 25.4 Å². The van der Waals surface area contributed by atoms with Gasteiger partial charge in [-0.1, -0.05) is 24.3 Å². The molecule has 0 atom stereocenters. The van der Waals surface area contributed by atoms with E-state index >= 15 is 0 Å². The van der Waals surface area contributed by atoms with E-state index < -0.39 is 12.0 Å². The maximum absolute atomic E-state index is 12.3. The maximum Gasteiger partial charge on any atom is 0.454 e. The van der Waals surface area contributed by atoms with Crippen LogP contribution in [0.5, 0.6) is 0 Å². The number of Topliss-reactive ketones (excluding diaryl/α,β-unsaturated/α-hetero) is 1. The van der Waals surface area contributed by atoms with E-state index in [0.717, 1.165) is 37.9 Å². The molecule has 1 aromatic rings. The van der Waals surface area contributed by atoms with E-state index in [1.165, 1.54) is 12.1 Å². The number of halogens is 3. The monoisotopic (exact) mass is 285 g/mol. The minimum Gasteiger partial charge on any atom is -0.306 e. The van der Waals surface area contributed by atoms with Crippen molar-refractivity contribution < 1.29 is 18.0 Å². The standard InChI is InChI=1S/C15H18F3NO/c1-19-8-6-12(7-9-19)10-11-2-4-13(5-3-11)14(20)15(16,17)18/h2-5,12H,6-10H2,1H3. The Kier molecular flexibility index (Phi) is 4.48. The summed E-state index contributed by atoms with van der Waals surface area (Å²) in [5.74, 6) is -1.20. The highest BCUT2D eigenvalue weighted by Gasteiger charge is 2.39. The molecule has 110 valence electrons. The smallest absolute Gasteiger partial charge is 0.306 e. The molecule has 0 aliphatic carbocycles. The van der Waals surface area contributed by atoms with E-state index in [2.05, 4.69) is 11.9 Å². The average Bonchev–Trinajstić information content (AvgIpc) is 2.40. The third kappa shape index (κ3) is 3.82. The molecule has 1 heterocycles. The van der Waals surface area contributed by atoms with Gasteiger partial charge in [0.05, 0.1) is 0 Å². The largest absolute Gasteiger partial charge is 0.454 e. The van der Waals surface area contributed by atoms with Crippen LogP contribution >= 0.6 is 0 Å². The average molecular weight is 285 g/mol. The van der Waals surface area contributed by atoms with Crippen LogP contribution in [0.2, 0.25) is 0 Å². The van der Waals surface area contributed by atoms with Crippen molar-refractivity contribution in [2.75, 3.05) is 20.1 Å². The Balaban J connectivity index is 1.97. The van der Waals surface area contributed by atoms with Gasteiger partial charge in [0.1, 0.15) is 0 Å². The van der Waals surface area contributed by atoms with Crippen molar-refractivity contribution in [3.8, 4) is 0 Å². The van der Waals surface area contributed by atoms with Gasteiger partial charge in [-0.15, -0.1) is 0 Å². The van der Waals surface area contributed by atoms with Gasteiger partial charge in [0, 0.05) is 5.56 Å². The molecular formula is C15H18F3NO. The predicted octanol–water partition coefficient (Wildman–Crippen LogP) is 3.32. The number of carbonyl (C=O) groups excluding carboxylic acids is 1. The van der Waals surface area contributed by atoms with Gasteiger partial charge in [0.15, 0.2) is 0 Å². The summed E-state index contributed by atoms with van der Waals surface area (Å²) < 4.78 is 36.9. The summed E-state index contributed by atoms with van der Waals surface area (Å²) in [6, 6.07) is 5.83. The van der Waals surface area contributed by atoms with Crippen molar-refractivity contribution in [3.05, 3.63) is 35.4 Å². The highest BCUT2D eigenvalue weighted by atomic mass is 19.4. The number of benzene rings is 1. The molecule has 20 heavy (non-hydrogen) atoms. The van der Waals surface area contributed by atoms with Crippen molar-refractivity contribution >= 4 is 5.78 Å². The molecule has 2 rings (SSSR count). The molecule has 5 heteroatoms. The molecule has 0 unspecified atom stereocenters. The molecule has 2 nitrogen and oxygen atoms in total. The molecule has 1 aromatic carbocycles. The lowest BCUT2D eigenvalue weighted by Crippen LogP contribution is -2.30. The Labute approximate surface area is 116 Å². The summed E-state index contributed by atoms with van der Waals surface area (Å²) in [6.07, 6.45) is -1.71. The molecular weight excluding hydrogens is 267 g/mol. The number of piperidine rings is 1. The normalized spacial score (nSPS) is 18.2. The molecule has 0 spiro atoms. The molecule has 0 saturated carbocycles. The lowest BCUT2D eigenvalue weighted by molar-refractivity contribution is -0.0885. The van der Waals surface area contributed by atoms with Crippen LogP contribution in [0.4, 0.5) is 13.2 Å². The topological polar surface area (TPSA) is 20.3 Å². The van der Waals surface area contributed by atoms with E-state index in [4.69, 9.17) is 0 Å². The Morgan fingerprint density at radius 2 is 1.75 bits per heavy atom. The zero-order chi connectivity index (χ0) is 14.8. The van der Waals surface area contributed by atoms with Crippen molar-refractivity contribution in [1.82, 2.24) is 4.90 Å². The highest BCUT2D eigenvalue weighted by molar-refractivity contribution is 6.00. The van der Waals surface area contributed by atoms with Crippen LogP contribution in [0.3, 0.4) is 0 Å². The van der Waals surface area contributed by atoms with Gasteiger partial charge in [-0.3, -0.25) is 4.79 Å². The first-order chi connectivity index (χ1) is 9.36. The number of rotatable bonds is 3. The number of ketones is 1. The Morgan fingerprint density at radius 3 is 2.25 bits per heavy atom. The van der Waals surface area contributed by atoms with Gasteiger partial charge in [-0.25, -0.2) is 0 Å². The highest BCUT2D eigenvalue weighted by Crippen LogP contribution is 2.24. The zero-order valence-electron chi connectivity index (χ0n) is 11.4. The summed E-state index contributed by atoms with van der Waals surface area (Å²) in [7, 11) is 2.09. The van der Waals surface area contributed by atoms with Crippen LogP contribution in [0, 0.1) is 5.92 Å². The van der Waals surface area contributed by atoms with Crippen LogP contribution in [-0.4, -0.2) is 37.0 Å².